The topological polar surface area (TPSA) is 82.8 Å². The summed E-state index contributed by atoms with van der Waals surface area (Å²) in [5, 5.41) is 17.3. The number of nitrogens with zero attached hydrogens (tertiary/aromatic N) is 1. The molecule has 0 unspecified atom stereocenters. The molecule has 2 N–H and O–H groups in total. The fraction of sp³-hybridized carbons (Fsp3) is 1.00. The average Bonchev–Trinajstić information content (AvgIpc) is 2.69. The summed E-state index contributed by atoms with van der Waals surface area (Å²) in [5.74, 6) is 0. The minimum absolute atomic E-state index is 1.37. The van der Waals surface area contributed by atoms with Gasteiger partial charge in [0.15, 0.2) is 0 Å². The van der Waals surface area contributed by atoms with Crippen LogP contribution in [0.4, 0.5) is 0 Å². The maximum Gasteiger partial charge on any atom is 0.0755 e. The van der Waals surface area contributed by atoms with E-state index in [0.29, 0.717) is 0 Å². The van der Waals surface area contributed by atoms with Crippen LogP contribution in [0.2, 0.25) is 0 Å². The molecule has 5 nitrogen and oxygen atoms in total. The fourth-order valence-electron chi connectivity index (χ4n) is 3.70. The van der Waals surface area contributed by atoms with Crippen LogP contribution in [0.25, 0.3) is 0 Å². The molecule has 0 aromatic carbocycles. The van der Waals surface area contributed by atoms with Gasteiger partial charge in [0.1, 0.15) is 0 Å². The fourth-order valence-corrected chi connectivity index (χ4v) is 3.70. The molecule has 0 aliphatic carbocycles. The monoisotopic (exact) mass is 416 g/mol. The van der Waals surface area contributed by atoms with Gasteiger partial charge < -0.3 is 20.6 Å². The summed E-state index contributed by atoms with van der Waals surface area (Å²) in [6, 6.07) is 0. The Morgan fingerprint density at radius 3 is 0.931 bits per heavy atom. The normalized spacial score (nSPS) is 10.6. The van der Waals surface area contributed by atoms with Gasteiger partial charge in [-0.05, 0) is 25.7 Å². The van der Waals surface area contributed by atoms with Crippen molar-refractivity contribution in [1.82, 2.24) is 0 Å². The first-order valence-electron chi connectivity index (χ1n) is 12.8. The van der Waals surface area contributed by atoms with Crippen LogP contribution in [0, 0.1) is 15.3 Å². The minimum Gasteiger partial charge on any atom is -0.356 e. The number of quaternary nitrogens is 1. The van der Waals surface area contributed by atoms with Gasteiger partial charge in [-0.15, -0.1) is 0 Å². The Balaban J connectivity index is 0. The second kappa shape index (κ2) is 29.4. The van der Waals surface area contributed by atoms with Gasteiger partial charge >= 0.3 is 0 Å². The highest BCUT2D eigenvalue weighted by molar-refractivity contribution is 4.48. The Morgan fingerprint density at radius 1 is 0.483 bits per heavy atom. The summed E-state index contributed by atoms with van der Waals surface area (Å²) in [5.41, 5.74) is 0. The summed E-state index contributed by atoms with van der Waals surface area (Å²) in [4.78, 5) is 8.25. The van der Waals surface area contributed by atoms with E-state index in [0.717, 1.165) is 0 Å². The van der Waals surface area contributed by atoms with E-state index in [1.165, 1.54) is 142 Å². The zero-order valence-electron chi connectivity index (χ0n) is 19.8. The zero-order chi connectivity index (χ0) is 21.8. The summed E-state index contributed by atoms with van der Waals surface area (Å²) in [7, 11) is 0. The molecule has 0 fully saturated rings. The molecule has 176 valence electrons. The van der Waals surface area contributed by atoms with Crippen molar-refractivity contribution in [2.45, 2.75) is 142 Å². The SMILES string of the molecule is CCCCCCCCCCCC[NH2+]CCCCCCCCCCCC.O=[N+]([O-])[O-]. The summed E-state index contributed by atoms with van der Waals surface area (Å²) in [6.45, 7) is 7.34. The molecule has 0 saturated carbocycles. The van der Waals surface area contributed by atoms with Gasteiger partial charge in [0.2, 0.25) is 0 Å². The average molecular weight is 417 g/mol. The molecule has 0 saturated heterocycles. The third kappa shape index (κ3) is 38.4. The van der Waals surface area contributed by atoms with Gasteiger partial charge in [0.25, 0.3) is 0 Å². The molecular formula is C24H52N2O3. The van der Waals surface area contributed by atoms with E-state index >= 15 is 0 Å². The van der Waals surface area contributed by atoms with Crippen LogP contribution in [0.3, 0.4) is 0 Å². The standard InChI is InChI=1S/C24H51N.NO3/c1-3-5-7-9-11-13-15-17-19-21-23-25-24-22-20-18-16-14-12-10-8-6-4-2;2-1(3)4/h25H,3-24H2,1-2H3;/q;-1/p+1. The molecule has 5 heteroatoms. The highest BCUT2D eigenvalue weighted by Gasteiger charge is 1.96. The molecule has 0 amide bonds. The number of hydrogen-bond donors (Lipinski definition) is 1. The molecule has 0 spiro atoms. The second-order valence-corrected chi connectivity index (χ2v) is 8.45. The Morgan fingerprint density at radius 2 is 0.690 bits per heavy atom. The predicted octanol–water partition coefficient (Wildman–Crippen LogP) is 7.15. The zero-order valence-corrected chi connectivity index (χ0v) is 19.8. The van der Waals surface area contributed by atoms with E-state index in [4.69, 9.17) is 15.3 Å². The molecule has 0 bridgehead atoms. The Kier molecular flexibility index (Phi) is 30.7. The molecule has 0 heterocycles. The number of unbranched alkanes of at least 4 members (excludes halogenated alkanes) is 18. The highest BCUT2D eigenvalue weighted by Crippen LogP contribution is 2.11. The Labute approximate surface area is 181 Å². The third-order valence-electron chi connectivity index (χ3n) is 5.52. The van der Waals surface area contributed by atoms with E-state index in [9.17, 15) is 0 Å². The molecule has 0 aliphatic rings. The van der Waals surface area contributed by atoms with E-state index in [2.05, 4.69) is 19.2 Å². The van der Waals surface area contributed by atoms with Crippen LogP contribution >= 0.6 is 0 Å². The van der Waals surface area contributed by atoms with Crippen molar-refractivity contribution in [3.63, 3.8) is 0 Å². The van der Waals surface area contributed by atoms with Crippen LogP contribution in [0.1, 0.15) is 142 Å². The van der Waals surface area contributed by atoms with Gasteiger partial charge in [0.05, 0.1) is 18.2 Å². The van der Waals surface area contributed by atoms with E-state index in [-0.39, 0.29) is 0 Å². The van der Waals surface area contributed by atoms with Crippen LogP contribution in [-0.4, -0.2) is 18.2 Å². The second-order valence-electron chi connectivity index (χ2n) is 8.45. The summed E-state index contributed by atoms with van der Waals surface area (Å²) in [6.07, 6.45) is 29.1. The van der Waals surface area contributed by atoms with E-state index in [1.807, 2.05) is 0 Å². The maximum atomic E-state index is 8.25. The van der Waals surface area contributed by atoms with E-state index in [1.54, 1.807) is 0 Å². The lowest BCUT2D eigenvalue weighted by molar-refractivity contribution is -0.655. The van der Waals surface area contributed by atoms with Gasteiger partial charge in [0, 0.05) is 0 Å². The number of rotatable bonds is 22. The molecule has 0 radical (unpaired) electrons. The Hall–Kier alpha value is -0.840. The predicted molar refractivity (Wildman–Crippen MR) is 126 cm³/mol. The lowest BCUT2D eigenvalue weighted by Gasteiger charge is -2.04. The molecule has 0 rings (SSSR count). The van der Waals surface area contributed by atoms with Crippen molar-refractivity contribution in [1.29, 1.82) is 0 Å². The van der Waals surface area contributed by atoms with Crippen molar-refractivity contribution < 1.29 is 10.4 Å². The minimum atomic E-state index is -1.75. The van der Waals surface area contributed by atoms with Crippen LogP contribution < -0.4 is 5.32 Å². The molecular weight excluding hydrogens is 364 g/mol. The lowest BCUT2D eigenvalue weighted by atomic mass is 10.1. The maximum absolute atomic E-state index is 8.25. The quantitative estimate of drug-likeness (QED) is 0.115. The van der Waals surface area contributed by atoms with Crippen molar-refractivity contribution in [3.8, 4) is 0 Å². The van der Waals surface area contributed by atoms with Gasteiger partial charge in [-0.1, -0.05) is 117 Å². The van der Waals surface area contributed by atoms with Crippen LogP contribution in [0.15, 0.2) is 0 Å². The van der Waals surface area contributed by atoms with Crippen molar-refractivity contribution >= 4 is 0 Å². The number of nitrogens with two attached hydrogens (primary N) is 1. The van der Waals surface area contributed by atoms with Gasteiger partial charge in [-0.25, -0.2) is 0 Å². The summed E-state index contributed by atoms with van der Waals surface area (Å²) < 4.78 is 0. The van der Waals surface area contributed by atoms with Crippen LogP contribution in [-0.2, 0) is 0 Å². The van der Waals surface area contributed by atoms with Crippen LogP contribution in [0.5, 0.6) is 0 Å². The first-order chi connectivity index (χ1) is 14.1. The molecule has 0 atom stereocenters. The Bertz CT molecular complexity index is 276. The summed E-state index contributed by atoms with van der Waals surface area (Å²) >= 11 is 0. The first kappa shape index (κ1) is 30.4. The first-order valence-corrected chi connectivity index (χ1v) is 12.8. The van der Waals surface area contributed by atoms with Gasteiger partial charge in [-0.3, -0.25) is 0 Å². The highest BCUT2D eigenvalue weighted by atomic mass is 16.9. The lowest BCUT2D eigenvalue weighted by Crippen LogP contribution is -2.84. The molecule has 0 aliphatic heterocycles. The molecule has 29 heavy (non-hydrogen) atoms. The van der Waals surface area contributed by atoms with Crippen molar-refractivity contribution in [2.24, 2.45) is 0 Å². The van der Waals surface area contributed by atoms with E-state index < -0.39 is 5.09 Å². The third-order valence-corrected chi connectivity index (χ3v) is 5.52. The largest absolute Gasteiger partial charge is 0.356 e. The molecule has 0 aromatic rings. The van der Waals surface area contributed by atoms with Crippen molar-refractivity contribution in [2.75, 3.05) is 13.1 Å². The number of hydrogen-bond acceptors (Lipinski definition) is 3. The molecule has 0 aromatic heterocycles. The van der Waals surface area contributed by atoms with Crippen molar-refractivity contribution in [3.05, 3.63) is 15.3 Å². The smallest absolute Gasteiger partial charge is 0.0755 e. The van der Waals surface area contributed by atoms with Gasteiger partial charge in [-0.2, -0.15) is 0 Å².